The molecule has 1 saturated carbocycles. The van der Waals surface area contributed by atoms with E-state index in [2.05, 4.69) is 25.9 Å². The molecule has 1 aliphatic rings. The number of carbonyl (C=O) groups is 2. The predicted octanol–water partition coefficient (Wildman–Crippen LogP) is 1.73. The molecular formula is C18H26N6O2S. The van der Waals surface area contributed by atoms with Crippen LogP contribution in [0, 0.1) is 19.8 Å². The molecule has 0 aliphatic heterocycles. The third kappa shape index (κ3) is 5.59. The second kappa shape index (κ2) is 9.07. The molecule has 9 heteroatoms. The molecule has 2 N–H and O–H groups in total. The van der Waals surface area contributed by atoms with E-state index in [1.165, 1.54) is 11.3 Å². The molecule has 0 radical (unpaired) electrons. The predicted molar refractivity (Wildman–Crippen MR) is 102 cm³/mol. The van der Waals surface area contributed by atoms with Gasteiger partial charge in [-0.25, -0.2) is 0 Å². The van der Waals surface area contributed by atoms with Crippen molar-refractivity contribution in [1.82, 2.24) is 30.6 Å². The molecule has 0 unspecified atom stereocenters. The van der Waals surface area contributed by atoms with E-state index in [4.69, 9.17) is 0 Å². The van der Waals surface area contributed by atoms with Gasteiger partial charge in [0, 0.05) is 36.8 Å². The molecule has 2 aromatic heterocycles. The molecule has 146 valence electrons. The minimum atomic E-state index is 0.0129. The molecule has 1 fully saturated rings. The zero-order chi connectivity index (χ0) is 19.2. The van der Waals surface area contributed by atoms with Gasteiger partial charge in [0.1, 0.15) is 10.0 Å². The van der Waals surface area contributed by atoms with Crippen LogP contribution in [-0.4, -0.2) is 37.8 Å². The Morgan fingerprint density at radius 1 is 1.22 bits per heavy atom. The summed E-state index contributed by atoms with van der Waals surface area (Å²) in [6.45, 7) is 4.90. The summed E-state index contributed by atoms with van der Waals surface area (Å²) in [7, 11) is 0. The van der Waals surface area contributed by atoms with Crippen LogP contribution >= 0.6 is 11.3 Å². The second-order valence-corrected chi connectivity index (χ2v) is 8.26. The average molecular weight is 391 g/mol. The Hall–Kier alpha value is -2.29. The van der Waals surface area contributed by atoms with Crippen LogP contribution in [0.2, 0.25) is 0 Å². The fourth-order valence-corrected chi connectivity index (χ4v) is 4.00. The van der Waals surface area contributed by atoms with Gasteiger partial charge >= 0.3 is 0 Å². The van der Waals surface area contributed by atoms with Crippen LogP contribution in [-0.2, 0) is 22.7 Å². The minimum absolute atomic E-state index is 0.0129. The number of hydrogen-bond donors (Lipinski definition) is 2. The van der Waals surface area contributed by atoms with Crippen molar-refractivity contribution in [3.63, 3.8) is 0 Å². The highest BCUT2D eigenvalue weighted by Gasteiger charge is 2.27. The SMILES string of the molecule is Cc1nnc(CNC(=O)C2CCC(NC(=O)CCn3nccc3C)CC2)s1. The lowest BCUT2D eigenvalue weighted by Crippen LogP contribution is -2.41. The van der Waals surface area contributed by atoms with E-state index in [0.717, 1.165) is 41.4 Å². The van der Waals surface area contributed by atoms with Crippen molar-refractivity contribution in [2.75, 3.05) is 0 Å². The summed E-state index contributed by atoms with van der Waals surface area (Å²) in [4.78, 5) is 24.5. The maximum atomic E-state index is 12.3. The number of rotatable bonds is 7. The van der Waals surface area contributed by atoms with Gasteiger partial charge in [-0.05, 0) is 45.6 Å². The first-order chi connectivity index (χ1) is 13.0. The molecule has 0 bridgehead atoms. The summed E-state index contributed by atoms with van der Waals surface area (Å²) in [5.74, 6) is 0.130. The Bertz CT molecular complexity index is 778. The lowest BCUT2D eigenvalue weighted by Gasteiger charge is -2.28. The fraction of sp³-hybridized carbons (Fsp3) is 0.611. The summed E-state index contributed by atoms with van der Waals surface area (Å²) in [5, 5.41) is 19.9. The van der Waals surface area contributed by atoms with Crippen LogP contribution in [0.15, 0.2) is 12.3 Å². The molecule has 27 heavy (non-hydrogen) atoms. The molecule has 2 amide bonds. The monoisotopic (exact) mass is 390 g/mol. The third-order valence-corrected chi connectivity index (χ3v) is 5.76. The lowest BCUT2D eigenvalue weighted by atomic mass is 9.85. The van der Waals surface area contributed by atoms with E-state index >= 15 is 0 Å². The van der Waals surface area contributed by atoms with Gasteiger partial charge in [0.25, 0.3) is 0 Å². The number of nitrogens with one attached hydrogen (secondary N) is 2. The fourth-order valence-electron chi connectivity index (χ4n) is 3.36. The van der Waals surface area contributed by atoms with Crippen molar-refractivity contribution >= 4 is 23.2 Å². The largest absolute Gasteiger partial charge is 0.353 e. The summed E-state index contributed by atoms with van der Waals surface area (Å²) in [5.41, 5.74) is 1.05. The normalized spacial score (nSPS) is 19.6. The van der Waals surface area contributed by atoms with Gasteiger partial charge in [-0.2, -0.15) is 5.10 Å². The van der Waals surface area contributed by atoms with Crippen LogP contribution in [0.1, 0.15) is 47.8 Å². The third-order valence-electron chi connectivity index (χ3n) is 4.92. The summed E-state index contributed by atoms with van der Waals surface area (Å²) in [6, 6.07) is 2.09. The molecular weight excluding hydrogens is 364 g/mol. The zero-order valence-corrected chi connectivity index (χ0v) is 16.6. The van der Waals surface area contributed by atoms with Crippen LogP contribution in [0.25, 0.3) is 0 Å². The molecule has 1 aliphatic carbocycles. The number of amides is 2. The highest BCUT2D eigenvalue weighted by molar-refractivity contribution is 7.11. The van der Waals surface area contributed by atoms with Crippen molar-refractivity contribution in [1.29, 1.82) is 0 Å². The zero-order valence-electron chi connectivity index (χ0n) is 15.8. The number of carbonyl (C=O) groups excluding carboxylic acids is 2. The number of nitrogens with zero attached hydrogens (tertiary/aromatic N) is 4. The average Bonchev–Trinajstić information content (AvgIpc) is 3.26. The minimum Gasteiger partial charge on any atom is -0.353 e. The van der Waals surface area contributed by atoms with Crippen LogP contribution < -0.4 is 10.6 Å². The Morgan fingerprint density at radius 3 is 2.63 bits per heavy atom. The van der Waals surface area contributed by atoms with Gasteiger partial charge in [0.2, 0.25) is 11.8 Å². The van der Waals surface area contributed by atoms with Gasteiger partial charge in [-0.15, -0.1) is 10.2 Å². The van der Waals surface area contributed by atoms with Crippen molar-refractivity contribution < 1.29 is 9.59 Å². The molecule has 0 aromatic carbocycles. The van der Waals surface area contributed by atoms with E-state index in [1.54, 1.807) is 6.20 Å². The molecule has 8 nitrogen and oxygen atoms in total. The maximum absolute atomic E-state index is 12.3. The highest BCUT2D eigenvalue weighted by atomic mass is 32.1. The number of hydrogen-bond acceptors (Lipinski definition) is 6. The number of aryl methyl sites for hydroxylation is 3. The Morgan fingerprint density at radius 2 is 2.00 bits per heavy atom. The first kappa shape index (κ1) is 19.5. The van der Waals surface area contributed by atoms with Crippen LogP contribution in [0.5, 0.6) is 0 Å². The molecule has 2 heterocycles. The standard InChI is InChI=1S/C18H26N6O2S/c1-12-7-9-20-24(12)10-8-16(25)21-15-5-3-14(4-6-15)18(26)19-11-17-23-22-13(2)27-17/h7,9,14-15H,3-6,8,10-11H2,1-2H3,(H,19,26)(H,21,25). The van der Waals surface area contributed by atoms with Gasteiger partial charge in [0.15, 0.2) is 0 Å². The van der Waals surface area contributed by atoms with E-state index < -0.39 is 0 Å². The van der Waals surface area contributed by atoms with Crippen LogP contribution in [0.4, 0.5) is 0 Å². The Kier molecular flexibility index (Phi) is 6.54. The van der Waals surface area contributed by atoms with Crippen molar-refractivity contribution in [3.8, 4) is 0 Å². The van der Waals surface area contributed by atoms with Crippen LogP contribution in [0.3, 0.4) is 0 Å². The van der Waals surface area contributed by atoms with E-state index in [0.29, 0.717) is 19.5 Å². The molecule has 0 saturated heterocycles. The maximum Gasteiger partial charge on any atom is 0.223 e. The quantitative estimate of drug-likeness (QED) is 0.750. The highest BCUT2D eigenvalue weighted by Crippen LogP contribution is 2.24. The molecule has 3 rings (SSSR count). The molecule has 0 atom stereocenters. The number of aromatic nitrogens is 4. The second-order valence-electron chi connectivity index (χ2n) is 6.99. The first-order valence-electron chi connectivity index (χ1n) is 9.35. The molecule has 0 spiro atoms. The van der Waals surface area contributed by atoms with E-state index in [-0.39, 0.29) is 23.8 Å². The van der Waals surface area contributed by atoms with Gasteiger partial charge in [-0.3, -0.25) is 14.3 Å². The summed E-state index contributed by atoms with van der Waals surface area (Å²) in [6.07, 6.45) is 5.43. The first-order valence-corrected chi connectivity index (χ1v) is 10.2. The van der Waals surface area contributed by atoms with E-state index in [1.807, 2.05) is 24.6 Å². The van der Waals surface area contributed by atoms with Crippen molar-refractivity contribution in [2.45, 2.75) is 65.1 Å². The van der Waals surface area contributed by atoms with Gasteiger partial charge in [-0.1, -0.05) is 11.3 Å². The summed E-state index contributed by atoms with van der Waals surface area (Å²) < 4.78 is 1.83. The molecule has 2 aromatic rings. The Labute approximate surface area is 162 Å². The smallest absolute Gasteiger partial charge is 0.223 e. The van der Waals surface area contributed by atoms with Gasteiger partial charge in [0.05, 0.1) is 6.54 Å². The van der Waals surface area contributed by atoms with Crippen molar-refractivity contribution in [2.24, 2.45) is 5.92 Å². The topological polar surface area (TPSA) is 102 Å². The van der Waals surface area contributed by atoms with Crippen molar-refractivity contribution in [3.05, 3.63) is 28.0 Å². The Balaban J connectivity index is 1.35. The lowest BCUT2D eigenvalue weighted by molar-refractivity contribution is -0.126. The van der Waals surface area contributed by atoms with E-state index in [9.17, 15) is 9.59 Å². The summed E-state index contributed by atoms with van der Waals surface area (Å²) >= 11 is 1.50. The van der Waals surface area contributed by atoms with Gasteiger partial charge < -0.3 is 10.6 Å².